The van der Waals surface area contributed by atoms with Crippen molar-refractivity contribution < 1.29 is 23.9 Å². The number of carbonyl (C=O) groups is 3. The van der Waals surface area contributed by atoms with Crippen LogP contribution >= 0.6 is 11.6 Å². The van der Waals surface area contributed by atoms with Crippen LogP contribution in [0.4, 0.5) is 4.79 Å². The predicted octanol–water partition coefficient (Wildman–Crippen LogP) is 2.70. The maximum absolute atomic E-state index is 12.7. The number of benzene rings is 2. The van der Waals surface area contributed by atoms with Crippen molar-refractivity contribution in [2.45, 2.75) is 13.5 Å². The molecule has 2 aromatic carbocycles. The minimum Gasteiger partial charge on any atom is -0.490 e. The monoisotopic (exact) mass is 429 g/mol. The number of imide groups is 1. The minimum atomic E-state index is -0.608. The Morgan fingerprint density at radius 1 is 1.13 bits per heavy atom. The molecule has 3 rings (SSSR count). The van der Waals surface area contributed by atoms with Crippen molar-refractivity contribution in [3.63, 3.8) is 0 Å². The van der Waals surface area contributed by atoms with Gasteiger partial charge in [0.25, 0.3) is 11.8 Å². The number of hydrogen-bond acceptors (Lipinski definition) is 5. The van der Waals surface area contributed by atoms with E-state index in [0.717, 1.165) is 10.5 Å². The lowest BCUT2D eigenvalue weighted by atomic mass is 10.1. The summed E-state index contributed by atoms with van der Waals surface area (Å²) in [6.45, 7) is 2.02. The lowest BCUT2D eigenvalue weighted by Gasteiger charge is -2.12. The van der Waals surface area contributed by atoms with Crippen molar-refractivity contribution in [2.75, 3.05) is 13.2 Å². The lowest BCUT2D eigenvalue weighted by molar-refractivity contribution is -0.123. The van der Waals surface area contributed by atoms with Gasteiger partial charge in [-0.25, -0.2) is 4.79 Å². The average molecular weight is 430 g/mol. The van der Waals surface area contributed by atoms with Gasteiger partial charge in [0.2, 0.25) is 0 Å². The molecule has 0 atom stereocenters. The van der Waals surface area contributed by atoms with E-state index in [-0.39, 0.29) is 18.8 Å². The molecule has 30 heavy (non-hydrogen) atoms. The van der Waals surface area contributed by atoms with Gasteiger partial charge in [-0.2, -0.15) is 0 Å². The van der Waals surface area contributed by atoms with E-state index in [1.165, 1.54) is 0 Å². The molecule has 0 aromatic heterocycles. The number of carbonyl (C=O) groups excluding carboxylic acids is 3. The smallest absolute Gasteiger partial charge is 0.329 e. The second-order valence-electron chi connectivity index (χ2n) is 6.40. The van der Waals surface area contributed by atoms with Crippen LogP contribution in [0.1, 0.15) is 18.1 Å². The molecular formula is C21H20ClN3O5. The molecule has 3 N–H and O–H groups in total. The van der Waals surface area contributed by atoms with Gasteiger partial charge >= 0.3 is 6.03 Å². The van der Waals surface area contributed by atoms with Crippen LogP contribution in [0.25, 0.3) is 6.08 Å². The highest BCUT2D eigenvalue weighted by atomic mass is 35.5. The summed E-state index contributed by atoms with van der Waals surface area (Å²) < 4.78 is 10.9. The van der Waals surface area contributed by atoms with E-state index in [2.05, 4.69) is 5.32 Å². The summed E-state index contributed by atoms with van der Waals surface area (Å²) in [6, 6.07) is 11.3. The summed E-state index contributed by atoms with van der Waals surface area (Å²) in [4.78, 5) is 37.0. The molecule has 9 heteroatoms. The molecule has 0 unspecified atom stereocenters. The van der Waals surface area contributed by atoms with Gasteiger partial charge in [0.05, 0.1) is 13.2 Å². The normalized spacial score (nSPS) is 14.7. The number of hydrogen-bond donors (Lipinski definition) is 2. The molecular weight excluding hydrogens is 410 g/mol. The Hall–Kier alpha value is -3.52. The maximum atomic E-state index is 12.7. The Kier molecular flexibility index (Phi) is 6.58. The molecule has 0 saturated carbocycles. The van der Waals surface area contributed by atoms with Crippen LogP contribution in [0.5, 0.6) is 11.5 Å². The Morgan fingerprint density at radius 3 is 2.53 bits per heavy atom. The lowest BCUT2D eigenvalue weighted by Crippen LogP contribution is -2.30. The van der Waals surface area contributed by atoms with E-state index in [4.69, 9.17) is 26.8 Å². The van der Waals surface area contributed by atoms with Crippen LogP contribution < -0.4 is 20.5 Å². The van der Waals surface area contributed by atoms with E-state index in [1.54, 1.807) is 55.5 Å². The first kappa shape index (κ1) is 21.2. The number of ether oxygens (including phenoxy) is 2. The first-order valence-electron chi connectivity index (χ1n) is 9.14. The summed E-state index contributed by atoms with van der Waals surface area (Å²) in [5.74, 6) is -0.308. The highest BCUT2D eigenvalue weighted by Crippen LogP contribution is 2.30. The number of rotatable bonds is 8. The van der Waals surface area contributed by atoms with E-state index in [1.807, 2.05) is 0 Å². The quantitative estimate of drug-likeness (QED) is 0.495. The second kappa shape index (κ2) is 9.32. The van der Waals surface area contributed by atoms with Gasteiger partial charge in [0.1, 0.15) is 5.70 Å². The summed E-state index contributed by atoms with van der Waals surface area (Å²) >= 11 is 5.87. The number of nitrogens with two attached hydrogens (primary N) is 1. The van der Waals surface area contributed by atoms with Gasteiger partial charge in [-0.1, -0.05) is 29.8 Å². The highest BCUT2D eigenvalue weighted by molar-refractivity contribution is 6.30. The van der Waals surface area contributed by atoms with Crippen molar-refractivity contribution in [2.24, 2.45) is 5.73 Å². The highest BCUT2D eigenvalue weighted by Gasteiger charge is 2.33. The molecule has 1 aliphatic rings. The van der Waals surface area contributed by atoms with E-state index in [0.29, 0.717) is 28.7 Å². The molecule has 2 aromatic rings. The van der Waals surface area contributed by atoms with E-state index >= 15 is 0 Å². The second-order valence-corrected chi connectivity index (χ2v) is 6.84. The fourth-order valence-corrected chi connectivity index (χ4v) is 2.93. The zero-order valence-electron chi connectivity index (χ0n) is 16.2. The molecule has 4 amide bonds. The zero-order valence-corrected chi connectivity index (χ0v) is 16.9. The fraction of sp³-hybridized carbons (Fsp3) is 0.190. The largest absolute Gasteiger partial charge is 0.490 e. The molecule has 1 heterocycles. The van der Waals surface area contributed by atoms with Gasteiger partial charge in [0.15, 0.2) is 18.1 Å². The van der Waals surface area contributed by atoms with Gasteiger partial charge in [-0.05, 0) is 48.4 Å². The van der Waals surface area contributed by atoms with Crippen molar-refractivity contribution in [3.05, 3.63) is 64.3 Å². The average Bonchev–Trinajstić information content (AvgIpc) is 2.96. The van der Waals surface area contributed by atoms with Crippen molar-refractivity contribution in [1.29, 1.82) is 0 Å². The first-order chi connectivity index (χ1) is 14.4. The number of urea groups is 1. The topological polar surface area (TPSA) is 111 Å². The molecule has 1 fully saturated rings. The summed E-state index contributed by atoms with van der Waals surface area (Å²) in [6.07, 6.45) is 1.54. The number of halogens is 1. The minimum absolute atomic E-state index is 0.128. The van der Waals surface area contributed by atoms with Crippen LogP contribution in [0.2, 0.25) is 5.02 Å². The predicted molar refractivity (Wildman–Crippen MR) is 111 cm³/mol. The maximum Gasteiger partial charge on any atom is 0.329 e. The van der Waals surface area contributed by atoms with Crippen molar-refractivity contribution >= 4 is 35.5 Å². The third-order valence-electron chi connectivity index (χ3n) is 4.16. The van der Waals surface area contributed by atoms with Crippen molar-refractivity contribution in [3.8, 4) is 11.5 Å². The Bertz CT molecular complexity index is 1000. The fourth-order valence-electron chi connectivity index (χ4n) is 2.81. The van der Waals surface area contributed by atoms with Gasteiger partial charge < -0.3 is 20.5 Å². The molecule has 0 spiro atoms. The number of nitrogens with zero attached hydrogens (tertiary/aromatic N) is 1. The number of primary amides is 1. The Morgan fingerprint density at radius 2 is 1.87 bits per heavy atom. The van der Waals surface area contributed by atoms with Crippen LogP contribution in [-0.2, 0) is 16.1 Å². The summed E-state index contributed by atoms with van der Waals surface area (Å²) in [5.41, 5.74) is 6.63. The Labute approximate surface area is 178 Å². The van der Waals surface area contributed by atoms with Crippen LogP contribution in [-0.4, -0.2) is 36.0 Å². The molecule has 0 bridgehead atoms. The molecule has 156 valence electrons. The third kappa shape index (κ3) is 5.09. The molecule has 0 radical (unpaired) electrons. The van der Waals surface area contributed by atoms with Crippen LogP contribution in [0.3, 0.4) is 0 Å². The Balaban J connectivity index is 1.79. The molecule has 1 saturated heterocycles. The SMILES string of the molecule is CCOc1cc(/C=C2\NC(=O)N(Cc3ccc(Cl)cc3)C2=O)ccc1OCC(N)=O. The zero-order chi connectivity index (χ0) is 21.7. The first-order valence-corrected chi connectivity index (χ1v) is 9.52. The molecule has 8 nitrogen and oxygen atoms in total. The van der Waals surface area contributed by atoms with E-state index in [9.17, 15) is 14.4 Å². The third-order valence-corrected chi connectivity index (χ3v) is 4.42. The summed E-state index contributed by atoms with van der Waals surface area (Å²) in [5, 5.41) is 3.15. The standard InChI is InChI=1S/C21H20ClN3O5/c1-2-29-18-10-14(5-8-17(18)30-12-19(23)26)9-16-20(27)25(21(28)24-16)11-13-3-6-15(22)7-4-13/h3-10H,2,11-12H2,1H3,(H2,23,26)(H,24,28)/b16-9-. The van der Waals surface area contributed by atoms with Gasteiger partial charge in [0, 0.05) is 5.02 Å². The number of nitrogens with one attached hydrogen (secondary N) is 1. The number of amides is 4. The van der Waals surface area contributed by atoms with Crippen LogP contribution in [0.15, 0.2) is 48.2 Å². The van der Waals surface area contributed by atoms with Gasteiger partial charge in [-0.15, -0.1) is 0 Å². The molecule has 1 aliphatic heterocycles. The van der Waals surface area contributed by atoms with Crippen molar-refractivity contribution in [1.82, 2.24) is 10.2 Å². The molecule has 0 aliphatic carbocycles. The van der Waals surface area contributed by atoms with Gasteiger partial charge in [-0.3, -0.25) is 14.5 Å². The van der Waals surface area contributed by atoms with Crippen LogP contribution in [0, 0.1) is 0 Å². The van der Waals surface area contributed by atoms with E-state index < -0.39 is 17.8 Å². The summed E-state index contributed by atoms with van der Waals surface area (Å²) in [7, 11) is 0.